The number of aromatic nitrogens is 2. The van der Waals surface area contributed by atoms with E-state index in [1.54, 1.807) is 18.2 Å². The zero-order valence-corrected chi connectivity index (χ0v) is 15.0. The molecule has 0 spiro atoms. The van der Waals surface area contributed by atoms with Gasteiger partial charge in [-0.15, -0.1) is 0 Å². The molecule has 24 heavy (non-hydrogen) atoms. The second-order valence-corrected chi connectivity index (χ2v) is 7.87. The van der Waals surface area contributed by atoms with Gasteiger partial charge in [0.05, 0.1) is 22.0 Å². The Hall–Kier alpha value is -2.15. The molecule has 128 valence electrons. The number of nitrogens with zero attached hydrogens (tertiary/aromatic N) is 3. The summed E-state index contributed by atoms with van der Waals surface area (Å²) >= 11 is 0. The van der Waals surface area contributed by atoms with E-state index in [0.29, 0.717) is 23.0 Å². The minimum absolute atomic E-state index is 0.241. The normalized spacial score (nSPS) is 14.9. The fourth-order valence-electron chi connectivity index (χ4n) is 2.88. The van der Waals surface area contributed by atoms with Gasteiger partial charge >= 0.3 is 0 Å². The molecule has 1 N–H and O–H groups in total. The molecule has 1 aliphatic rings. The third-order valence-corrected chi connectivity index (χ3v) is 5.53. The van der Waals surface area contributed by atoms with Crippen LogP contribution in [0.3, 0.4) is 0 Å². The standard InChI is InChI=1S/C17H22N4O2S/c1-12-7-6-8-15(11-12)24(22,23)20-16-13(2)18-17(19-14(16)3)21-9-4-5-10-21/h6-8,11,20H,4-5,9-10H2,1-3H3. The highest BCUT2D eigenvalue weighted by Gasteiger charge is 2.21. The van der Waals surface area contributed by atoms with E-state index in [2.05, 4.69) is 19.6 Å². The van der Waals surface area contributed by atoms with Crippen LogP contribution >= 0.6 is 0 Å². The SMILES string of the molecule is Cc1cccc(S(=O)(=O)Nc2c(C)nc(N3CCCC3)nc2C)c1. The lowest BCUT2D eigenvalue weighted by atomic mass is 10.2. The van der Waals surface area contributed by atoms with Crippen LogP contribution in [0.5, 0.6) is 0 Å². The molecular formula is C17H22N4O2S. The summed E-state index contributed by atoms with van der Waals surface area (Å²) in [5, 5.41) is 0. The van der Waals surface area contributed by atoms with Gasteiger partial charge in [0, 0.05) is 13.1 Å². The highest BCUT2D eigenvalue weighted by atomic mass is 32.2. The Labute approximate surface area is 143 Å². The summed E-state index contributed by atoms with van der Waals surface area (Å²) in [6.45, 7) is 7.38. The minimum atomic E-state index is -3.66. The first kappa shape index (κ1) is 16.7. The van der Waals surface area contributed by atoms with Gasteiger partial charge in [0.25, 0.3) is 10.0 Å². The zero-order chi connectivity index (χ0) is 17.3. The van der Waals surface area contributed by atoms with Crippen LogP contribution in [0.4, 0.5) is 11.6 Å². The fourth-order valence-corrected chi connectivity index (χ4v) is 4.16. The minimum Gasteiger partial charge on any atom is -0.341 e. The van der Waals surface area contributed by atoms with Crippen molar-refractivity contribution >= 4 is 21.7 Å². The first-order chi connectivity index (χ1) is 11.4. The van der Waals surface area contributed by atoms with Crippen molar-refractivity contribution in [2.75, 3.05) is 22.7 Å². The smallest absolute Gasteiger partial charge is 0.262 e. The number of benzene rings is 1. The van der Waals surface area contributed by atoms with Crippen molar-refractivity contribution in [1.82, 2.24) is 9.97 Å². The Morgan fingerprint density at radius 1 is 1.04 bits per heavy atom. The summed E-state index contributed by atoms with van der Waals surface area (Å²) in [4.78, 5) is 11.4. The van der Waals surface area contributed by atoms with E-state index in [9.17, 15) is 8.42 Å². The lowest BCUT2D eigenvalue weighted by molar-refractivity contribution is 0.601. The Morgan fingerprint density at radius 3 is 2.25 bits per heavy atom. The van der Waals surface area contributed by atoms with Crippen molar-refractivity contribution in [1.29, 1.82) is 0 Å². The van der Waals surface area contributed by atoms with Crippen molar-refractivity contribution in [3.63, 3.8) is 0 Å². The van der Waals surface area contributed by atoms with E-state index in [-0.39, 0.29) is 4.90 Å². The Morgan fingerprint density at radius 2 is 1.67 bits per heavy atom. The van der Waals surface area contributed by atoms with Gasteiger partial charge in [-0.1, -0.05) is 12.1 Å². The van der Waals surface area contributed by atoms with Gasteiger partial charge in [-0.25, -0.2) is 18.4 Å². The molecule has 1 aliphatic heterocycles. The molecule has 7 heteroatoms. The maximum absolute atomic E-state index is 12.6. The fraction of sp³-hybridized carbons (Fsp3) is 0.412. The van der Waals surface area contributed by atoms with E-state index < -0.39 is 10.0 Å². The molecular weight excluding hydrogens is 324 g/mol. The molecule has 6 nitrogen and oxygen atoms in total. The summed E-state index contributed by atoms with van der Waals surface area (Å²) in [6.07, 6.45) is 2.28. The molecule has 2 heterocycles. The molecule has 0 aliphatic carbocycles. The van der Waals surface area contributed by atoms with Crippen molar-refractivity contribution in [3.8, 4) is 0 Å². The van der Waals surface area contributed by atoms with Crippen LogP contribution in [0.2, 0.25) is 0 Å². The topological polar surface area (TPSA) is 75.2 Å². The first-order valence-electron chi connectivity index (χ1n) is 8.06. The van der Waals surface area contributed by atoms with Gasteiger partial charge in [0.1, 0.15) is 0 Å². The van der Waals surface area contributed by atoms with E-state index in [0.717, 1.165) is 31.5 Å². The summed E-state index contributed by atoms with van der Waals surface area (Å²) in [5.74, 6) is 0.681. The highest BCUT2D eigenvalue weighted by molar-refractivity contribution is 7.92. The second-order valence-electron chi connectivity index (χ2n) is 6.19. The molecule has 3 rings (SSSR count). The number of rotatable bonds is 4. The predicted octanol–water partition coefficient (Wildman–Crippen LogP) is 2.80. The predicted molar refractivity (Wildman–Crippen MR) is 94.9 cm³/mol. The maximum atomic E-state index is 12.6. The molecule has 2 aromatic rings. The Bertz CT molecular complexity index is 836. The van der Waals surface area contributed by atoms with Crippen LogP contribution in [0.1, 0.15) is 29.8 Å². The number of anilines is 2. The third-order valence-electron chi connectivity index (χ3n) is 4.18. The summed E-state index contributed by atoms with van der Waals surface area (Å²) < 4.78 is 27.9. The highest BCUT2D eigenvalue weighted by Crippen LogP contribution is 2.25. The van der Waals surface area contributed by atoms with Crippen molar-refractivity contribution < 1.29 is 8.42 Å². The lowest BCUT2D eigenvalue weighted by Gasteiger charge is -2.19. The summed E-state index contributed by atoms with van der Waals surface area (Å²) in [6, 6.07) is 6.83. The average Bonchev–Trinajstić information content (AvgIpc) is 3.05. The molecule has 1 fully saturated rings. The second kappa shape index (κ2) is 6.39. The van der Waals surface area contributed by atoms with Gasteiger partial charge in [0.15, 0.2) is 0 Å². The van der Waals surface area contributed by atoms with E-state index in [4.69, 9.17) is 0 Å². The van der Waals surface area contributed by atoms with Crippen LogP contribution in [0.15, 0.2) is 29.2 Å². The molecule has 0 unspecified atom stereocenters. The van der Waals surface area contributed by atoms with Crippen LogP contribution in [-0.2, 0) is 10.0 Å². The van der Waals surface area contributed by atoms with Gasteiger partial charge in [-0.2, -0.15) is 0 Å². The van der Waals surface area contributed by atoms with Gasteiger partial charge in [-0.3, -0.25) is 4.72 Å². The Kier molecular flexibility index (Phi) is 4.45. The molecule has 0 bridgehead atoms. The molecule has 0 atom stereocenters. The maximum Gasteiger partial charge on any atom is 0.262 e. The molecule has 1 aromatic carbocycles. The molecule has 0 radical (unpaired) electrons. The Balaban J connectivity index is 1.92. The third kappa shape index (κ3) is 3.36. The molecule has 1 aromatic heterocycles. The van der Waals surface area contributed by atoms with Crippen LogP contribution in [0.25, 0.3) is 0 Å². The first-order valence-corrected chi connectivity index (χ1v) is 9.55. The van der Waals surface area contributed by atoms with Crippen molar-refractivity contribution in [2.24, 2.45) is 0 Å². The van der Waals surface area contributed by atoms with Crippen molar-refractivity contribution in [2.45, 2.75) is 38.5 Å². The summed E-state index contributed by atoms with van der Waals surface area (Å²) in [5.41, 5.74) is 2.63. The molecule has 0 amide bonds. The zero-order valence-electron chi connectivity index (χ0n) is 14.2. The van der Waals surface area contributed by atoms with Crippen LogP contribution in [-0.4, -0.2) is 31.5 Å². The number of nitrogens with one attached hydrogen (secondary N) is 1. The monoisotopic (exact) mass is 346 g/mol. The number of sulfonamides is 1. The molecule has 0 saturated carbocycles. The van der Waals surface area contributed by atoms with E-state index >= 15 is 0 Å². The van der Waals surface area contributed by atoms with Gasteiger partial charge in [0.2, 0.25) is 5.95 Å². The van der Waals surface area contributed by atoms with E-state index in [1.807, 2.05) is 26.8 Å². The van der Waals surface area contributed by atoms with Gasteiger partial charge < -0.3 is 4.90 Å². The average molecular weight is 346 g/mol. The summed E-state index contributed by atoms with van der Waals surface area (Å²) in [7, 11) is -3.66. The van der Waals surface area contributed by atoms with Crippen molar-refractivity contribution in [3.05, 3.63) is 41.2 Å². The number of aryl methyl sites for hydroxylation is 3. The largest absolute Gasteiger partial charge is 0.341 e. The van der Waals surface area contributed by atoms with Crippen LogP contribution < -0.4 is 9.62 Å². The number of hydrogen-bond acceptors (Lipinski definition) is 5. The quantitative estimate of drug-likeness (QED) is 0.921. The van der Waals surface area contributed by atoms with Gasteiger partial charge in [-0.05, 0) is 51.3 Å². The van der Waals surface area contributed by atoms with E-state index in [1.165, 1.54) is 0 Å². The number of hydrogen-bond donors (Lipinski definition) is 1. The lowest BCUT2D eigenvalue weighted by Crippen LogP contribution is -2.22. The van der Waals surface area contributed by atoms with Crippen LogP contribution in [0, 0.1) is 20.8 Å². The molecule has 1 saturated heterocycles.